The monoisotopic (exact) mass is 328 g/mol. The third-order valence-corrected chi connectivity index (χ3v) is 5.79. The Balaban J connectivity index is 2.16. The van der Waals surface area contributed by atoms with Gasteiger partial charge in [-0.2, -0.15) is 0 Å². The van der Waals surface area contributed by atoms with Crippen molar-refractivity contribution < 1.29 is 0 Å². The molecular weight excluding hydrogens is 316 g/mol. The Morgan fingerprint density at radius 1 is 0.737 bits per heavy atom. The Hall–Kier alpha value is -1.38. The van der Waals surface area contributed by atoms with Gasteiger partial charge in [0, 0.05) is 14.2 Å². The van der Waals surface area contributed by atoms with E-state index in [2.05, 4.69) is 83.5 Å². The van der Waals surface area contributed by atoms with Crippen LogP contribution in [-0.4, -0.2) is 0 Å². The van der Waals surface area contributed by atoms with E-state index in [0.717, 1.165) is 0 Å². The molecule has 0 spiro atoms. The Bertz CT molecular complexity index is 624. The van der Waals surface area contributed by atoms with Gasteiger partial charge in [0.15, 0.2) is 0 Å². The first-order valence-corrected chi connectivity index (χ1v) is 7.78. The fraction of sp³-hybridized carbons (Fsp3) is 0.0588. The molecule has 1 aromatic heterocycles. The minimum Gasteiger partial charge on any atom is -0.134 e. The molecule has 0 aliphatic carbocycles. The molecule has 2 aromatic carbocycles. The van der Waals surface area contributed by atoms with E-state index in [-0.39, 0.29) is 0 Å². The lowest BCUT2D eigenvalue weighted by Crippen LogP contribution is -1.75. The van der Waals surface area contributed by atoms with Crippen molar-refractivity contribution in [2.24, 2.45) is 0 Å². The average Bonchev–Trinajstić information content (AvgIpc) is 2.77. The van der Waals surface area contributed by atoms with Gasteiger partial charge in [-0.05, 0) is 39.5 Å². The molecule has 0 bridgehead atoms. The molecule has 0 saturated heterocycles. The zero-order valence-corrected chi connectivity index (χ0v) is 13.0. The lowest BCUT2D eigenvalue weighted by Gasteiger charge is -1.98. The Morgan fingerprint density at radius 3 is 1.74 bits per heavy atom. The lowest BCUT2D eigenvalue weighted by atomic mass is 10.1. The normalized spacial score (nSPS) is 10.6. The minimum absolute atomic E-state index is 1.21. The van der Waals surface area contributed by atoms with Gasteiger partial charge in [0.2, 0.25) is 0 Å². The summed E-state index contributed by atoms with van der Waals surface area (Å²) in [6, 6.07) is 21.1. The summed E-state index contributed by atoms with van der Waals surface area (Å²) in [4.78, 5) is 2.64. The van der Waals surface area contributed by atoms with Gasteiger partial charge in [-0.25, -0.2) is 0 Å². The van der Waals surface area contributed by atoms with Gasteiger partial charge in [0.1, 0.15) is 0 Å². The Kier molecular flexibility index (Phi) is 3.54. The molecule has 0 radical (unpaired) electrons. The maximum absolute atomic E-state index is 3.75. The predicted molar refractivity (Wildman–Crippen MR) is 87.6 cm³/mol. The second-order valence-electron chi connectivity index (χ2n) is 4.43. The zero-order chi connectivity index (χ0) is 13.2. The molecule has 3 aromatic rings. The molecule has 0 unspecified atom stereocenters. The smallest absolute Gasteiger partial charge is 0.0494 e. The van der Waals surface area contributed by atoms with E-state index in [1.807, 2.05) is 11.3 Å². The predicted octanol–water partition coefficient (Wildman–Crippen LogP) is 6.15. The highest BCUT2D eigenvalue weighted by Crippen LogP contribution is 2.44. The van der Waals surface area contributed by atoms with Crippen molar-refractivity contribution in [3.63, 3.8) is 0 Å². The molecule has 0 atom stereocenters. The summed E-state index contributed by atoms with van der Waals surface area (Å²) in [6.45, 7) is 2.18. The number of benzene rings is 2. The maximum atomic E-state index is 3.75. The van der Waals surface area contributed by atoms with Gasteiger partial charge < -0.3 is 0 Å². The third kappa shape index (κ3) is 2.38. The summed E-state index contributed by atoms with van der Waals surface area (Å²) in [5.74, 6) is 0. The van der Waals surface area contributed by atoms with Gasteiger partial charge in [-0.1, -0.05) is 60.7 Å². The van der Waals surface area contributed by atoms with E-state index < -0.39 is 0 Å². The van der Waals surface area contributed by atoms with Crippen LogP contribution in [-0.2, 0) is 0 Å². The highest BCUT2D eigenvalue weighted by molar-refractivity contribution is 9.10. The first kappa shape index (κ1) is 12.6. The highest BCUT2D eigenvalue weighted by Gasteiger charge is 2.15. The molecule has 0 amide bonds. The summed E-state index contributed by atoms with van der Waals surface area (Å²) in [5, 5.41) is 0. The number of hydrogen-bond acceptors (Lipinski definition) is 1. The van der Waals surface area contributed by atoms with Crippen LogP contribution in [0.3, 0.4) is 0 Å². The first-order valence-electron chi connectivity index (χ1n) is 6.17. The quantitative estimate of drug-likeness (QED) is 0.529. The van der Waals surface area contributed by atoms with Crippen LogP contribution in [0.5, 0.6) is 0 Å². The average molecular weight is 329 g/mol. The van der Waals surface area contributed by atoms with Gasteiger partial charge >= 0.3 is 0 Å². The lowest BCUT2D eigenvalue weighted by molar-refractivity contribution is 1.50. The molecule has 1 heterocycles. The van der Waals surface area contributed by atoms with E-state index in [4.69, 9.17) is 0 Å². The van der Waals surface area contributed by atoms with E-state index in [9.17, 15) is 0 Å². The summed E-state index contributed by atoms with van der Waals surface area (Å²) in [6.07, 6.45) is 0. The van der Waals surface area contributed by atoms with Crippen LogP contribution >= 0.6 is 27.3 Å². The molecule has 94 valence electrons. The van der Waals surface area contributed by atoms with Gasteiger partial charge in [-0.3, -0.25) is 0 Å². The van der Waals surface area contributed by atoms with Crippen LogP contribution in [0.2, 0.25) is 0 Å². The molecule has 2 heteroatoms. The molecule has 0 N–H and O–H groups in total. The van der Waals surface area contributed by atoms with Crippen LogP contribution < -0.4 is 0 Å². The molecule has 0 aliphatic rings. The Morgan fingerprint density at radius 2 is 1.21 bits per heavy atom. The minimum atomic E-state index is 1.21. The summed E-state index contributed by atoms with van der Waals surface area (Å²) >= 11 is 5.59. The van der Waals surface area contributed by atoms with Crippen LogP contribution in [0, 0.1) is 6.92 Å². The fourth-order valence-corrected chi connectivity index (χ4v) is 4.14. The summed E-state index contributed by atoms with van der Waals surface area (Å²) < 4.78 is 1.21. The van der Waals surface area contributed by atoms with Crippen molar-refractivity contribution in [3.05, 3.63) is 70.7 Å². The largest absolute Gasteiger partial charge is 0.134 e. The first-order chi connectivity index (χ1) is 9.27. The van der Waals surface area contributed by atoms with Crippen LogP contribution in [0.1, 0.15) is 5.56 Å². The number of halogens is 1. The summed E-state index contributed by atoms with van der Waals surface area (Å²) in [7, 11) is 0. The molecular formula is C17H13BrS. The second kappa shape index (κ2) is 5.32. The van der Waals surface area contributed by atoms with Gasteiger partial charge in [-0.15, -0.1) is 11.3 Å². The van der Waals surface area contributed by atoms with Crippen LogP contribution in [0.4, 0.5) is 0 Å². The topological polar surface area (TPSA) is 0 Å². The molecule has 19 heavy (non-hydrogen) atoms. The summed E-state index contributed by atoms with van der Waals surface area (Å²) in [5.41, 5.74) is 3.87. The van der Waals surface area contributed by atoms with Crippen LogP contribution in [0.15, 0.2) is 65.1 Å². The number of thiophene rings is 1. The third-order valence-electron chi connectivity index (χ3n) is 3.15. The number of rotatable bonds is 2. The standard InChI is InChI=1S/C17H13BrS/c1-12-15(18)17(14-10-6-3-7-11-14)19-16(12)13-8-4-2-5-9-13/h2-11H,1H3. The molecule has 3 rings (SSSR count). The highest BCUT2D eigenvalue weighted by atomic mass is 79.9. The molecule has 0 nitrogen and oxygen atoms in total. The van der Waals surface area contributed by atoms with Crippen molar-refractivity contribution in [2.45, 2.75) is 6.92 Å². The van der Waals surface area contributed by atoms with E-state index >= 15 is 0 Å². The molecule has 0 aliphatic heterocycles. The molecule has 0 fully saturated rings. The van der Waals surface area contributed by atoms with Crippen molar-refractivity contribution in [1.82, 2.24) is 0 Å². The van der Waals surface area contributed by atoms with E-state index in [0.29, 0.717) is 0 Å². The SMILES string of the molecule is Cc1c(-c2ccccc2)sc(-c2ccccc2)c1Br. The fourth-order valence-electron chi connectivity index (χ4n) is 2.13. The Labute approximate surface area is 125 Å². The van der Waals surface area contributed by atoms with Crippen LogP contribution in [0.25, 0.3) is 20.9 Å². The second-order valence-corrected chi connectivity index (χ2v) is 6.24. The van der Waals surface area contributed by atoms with E-state index in [1.165, 1.54) is 30.9 Å². The van der Waals surface area contributed by atoms with Gasteiger partial charge in [0.05, 0.1) is 0 Å². The number of hydrogen-bond donors (Lipinski definition) is 0. The van der Waals surface area contributed by atoms with Gasteiger partial charge in [0.25, 0.3) is 0 Å². The van der Waals surface area contributed by atoms with Crippen molar-refractivity contribution in [2.75, 3.05) is 0 Å². The van der Waals surface area contributed by atoms with Crippen molar-refractivity contribution >= 4 is 27.3 Å². The van der Waals surface area contributed by atoms with Crippen molar-refractivity contribution in [1.29, 1.82) is 0 Å². The van der Waals surface area contributed by atoms with Crippen molar-refractivity contribution in [3.8, 4) is 20.9 Å². The maximum Gasteiger partial charge on any atom is 0.0494 e. The molecule has 0 saturated carbocycles. The van der Waals surface area contributed by atoms with E-state index in [1.54, 1.807) is 0 Å². The zero-order valence-electron chi connectivity index (χ0n) is 10.6.